The van der Waals surface area contributed by atoms with Crippen molar-refractivity contribution >= 4 is 45.6 Å². The van der Waals surface area contributed by atoms with Crippen LogP contribution in [0.1, 0.15) is 10.5 Å². The molecule has 1 aromatic rings. The van der Waals surface area contributed by atoms with Gasteiger partial charge >= 0.3 is 0 Å². The van der Waals surface area contributed by atoms with E-state index >= 15 is 0 Å². The molecule has 0 spiro atoms. The molecule has 1 heterocycles. The molecule has 0 radical (unpaired) electrons. The van der Waals surface area contributed by atoms with Gasteiger partial charge in [0.25, 0.3) is 5.91 Å². The molecule has 0 bridgehead atoms. The Bertz CT molecular complexity index is 281. The second kappa shape index (κ2) is 6.31. The highest BCUT2D eigenvalue weighted by Crippen LogP contribution is 2.19. The van der Waals surface area contributed by atoms with Crippen LogP contribution in [0.25, 0.3) is 0 Å². The van der Waals surface area contributed by atoms with Crippen LogP contribution in [0.15, 0.2) is 9.30 Å². The fourth-order valence-electron chi connectivity index (χ4n) is 0.649. The second-order valence-electron chi connectivity index (χ2n) is 2.02. The van der Waals surface area contributed by atoms with Gasteiger partial charge < -0.3 is 11.1 Å². The third kappa shape index (κ3) is 3.60. The van der Waals surface area contributed by atoms with E-state index in [0.717, 1.165) is 3.79 Å². The van der Waals surface area contributed by atoms with Crippen molar-refractivity contribution in [3.8, 4) is 0 Å². The maximum absolute atomic E-state index is 11.2. The molecular formula is C6H9BrClN3OS. The fourth-order valence-corrected chi connectivity index (χ4v) is 1.69. The molecule has 3 N–H and O–H groups in total. The average molecular weight is 287 g/mol. The first-order valence-electron chi connectivity index (χ1n) is 3.33. The van der Waals surface area contributed by atoms with Gasteiger partial charge in [0.15, 0.2) is 5.69 Å². The molecular weight excluding hydrogens is 278 g/mol. The summed E-state index contributed by atoms with van der Waals surface area (Å²) < 4.78 is 0.747. The summed E-state index contributed by atoms with van der Waals surface area (Å²) in [5, 5.41) is 2.63. The molecule has 1 aromatic heterocycles. The molecule has 0 aliphatic heterocycles. The topological polar surface area (TPSA) is 68.0 Å². The van der Waals surface area contributed by atoms with E-state index in [9.17, 15) is 4.79 Å². The Labute approximate surface area is 94.5 Å². The first kappa shape index (κ1) is 12.8. The lowest BCUT2D eigenvalue weighted by molar-refractivity contribution is 0.0950. The third-order valence-corrected chi connectivity index (χ3v) is 2.72. The van der Waals surface area contributed by atoms with Crippen molar-refractivity contribution in [2.45, 2.75) is 0 Å². The van der Waals surface area contributed by atoms with Crippen LogP contribution < -0.4 is 11.1 Å². The number of amides is 1. The van der Waals surface area contributed by atoms with Crippen molar-refractivity contribution in [1.82, 2.24) is 10.3 Å². The molecule has 0 saturated heterocycles. The van der Waals surface area contributed by atoms with Crippen LogP contribution in [0, 0.1) is 0 Å². The lowest BCUT2D eigenvalue weighted by Crippen LogP contribution is -2.29. The Morgan fingerprint density at radius 2 is 2.46 bits per heavy atom. The molecule has 0 atom stereocenters. The van der Waals surface area contributed by atoms with Crippen molar-refractivity contribution in [2.24, 2.45) is 5.73 Å². The van der Waals surface area contributed by atoms with Crippen LogP contribution in [-0.4, -0.2) is 24.0 Å². The number of thiazole rings is 1. The SMILES string of the molecule is Cl.NCCNC(=O)c1ncsc1Br. The molecule has 0 unspecified atom stereocenters. The number of carbonyl (C=O) groups excluding carboxylic acids is 1. The Kier molecular flexibility index (Phi) is 6.23. The van der Waals surface area contributed by atoms with E-state index in [1.54, 1.807) is 5.51 Å². The molecule has 0 aromatic carbocycles. The summed E-state index contributed by atoms with van der Waals surface area (Å²) in [6.45, 7) is 0.913. The number of nitrogens with two attached hydrogens (primary N) is 1. The number of rotatable bonds is 3. The van der Waals surface area contributed by atoms with Crippen molar-refractivity contribution in [2.75, 3.05) is 13.1 Å². The lowest BCUT2D eigenvalue weighted by atomic mass is 10.4. The van der Waals surface area contributed by atoms with Crippen molar-refractivity contribution < 1.29 is 4.79 Å². The zero-order chi connectivity index (χ0) is 8.97. The molecule has 0 fully saturated rings. The number of carbonyl (C=O) groups is 1. The minimum Gasteiger partial charge on any atom is -0.349 e. The number of hydrogen-bond donors (Lipinski definition) is 2. The van der Waals surface area contributed by atoms with Gasteiger partial charge in [-0.15, -0.1) is 23.7 Å². The molecule has 0 aliphatic rings. The van der Waals surface area contributed by atoms with E-state index in [1.807, 2.05) is 0 Å². The van der Waals surface area contributed by atoms with Crippen molar-refractivity contribution in [3.05, 3.63) is 15.0 Å². The predicted molar refractivity (Wildman–Crippen MR) is 58.4 cm³/mol. The van der Waals surface area contributed by atoms with Gasteiger partial charge in [-0.1, -0.05) is 0 Å². The highest BCUT2D eigenvalue weighted by molar-refractivity contribution is 9.11. The molecule has 1 amide bonds. The van der Waals surface area contributed by atoms with Crippen LogP contribution in [0.2, 0.25) is 0 Å². The number of hydrogen-bond acceptors (Lipinski definition) is 4. The Morgan fingerprint density at radius 3 is 2.92 bits per heavy atom. The Morgan fingerprint density at radius 1 is 1.77 bits per heavy atom. The maximum atomic E-state index is 11.2. The van der Waals surface area contributed by atoms with Gasteiger partial charge in [0, 0.05) is 13.1 Å². The van der Waals surface area contributed by atoms with Crippen LogP contribution in [0.5, 0.6) is 0 Å². The van der Waals surface area contributed by atoms with Crippen LogP contribution in [-0.2, 0) is 0 Å². The van der Waals surface area contributed by atoms with Gasteiger partial charge in [-0.3, -0.25) is 4.79 Å². The van der Waals surface area contributed by atoms with Crippen LogP contribution >= 0.6 is 39.7 Å². The van der Waals surface area contributed by atoms with Crippen LogP contribution in [0.3, 0.4) is 0 Å². The number of halogens is 2. The van der Waals surface area contributed by atoms with Crippen molar-refractivity contribution in [1.29, 1.82) is 0 Å². The van der Waals surface area contributed by atoms with Gasteiger partial charge in [0.1, 0.15) is 3.79 Å². The maximum Gasteiger partial charge on any atom is 0.271 e. The Hall–Kier alpha value is -0.170. The minimum atomic E-state index is -0.187. The molecule has 0 saturated carbocycles. The van der Waals surface area contributed by atoms with E-state index in [1.165, 1.54) is 11.3 Å². The highest BCUT2D eigenvalue weighted by atomic mass is 79.9. The number of nitrogens with zero attached hydrogens (tertiary/aromatic N) is 1. The summed E-state index contributed by atoms with van der Waals surface area (Å²) in [4.78, 5) is 15.1. The molecule has 13 heavy (non-hydrogen) atoms. The fraction of sp³-hybridized carbons (Fsp3) is 0.333. The quantitative estimate of drug-likeness (QED) is 0.871. The van der Waals surface area contributed by atoms with Crippen molar-refractivity contribution in [3.63, 3.8) is 0 Å². The summed E-state index contributed by atoms with van der Waals surface area (Å²) in [6.07, 6.45) is 0. The van der Waals surface area contributed by atoms with Crippen LogP contribution in [0.4, 0.5) is 0 Å². The summed E-state index contributed by atoms with van der Waals surface area (Å²) in [5.41, 5.74) is 7.26. The zero-order valence-corrected chi connectivity index (χ0v) is 9.84. The summed E-state index contributed by atoms with van der Waals surface area (Å²) >= 11 is 4.60. The molecule has 0 aliphatic carbocycles. The molecule has 4 nitrogen and oxygen atoms in total. The average Bonchev–Trinajstić information content (AvgIpc) is 2.47. The van der Waals surface area contributed by atoms with Gasteiger partial charge in [-0.2, -0.15) is 0 Å². The second-order valence-corrected chi connectivity index (χ2v) is 4.19. The largest absolute Gasteiger partial charge is 0.349 e. The van der Waals surface area contributed by atoms with E-state index in [2.05, 4.69) is 26.2 Å². The number of nitrogens with one attached hydrogen (secondary N) is 1. The summed E-state index contributed by atoms with van der Waals surface area (Å²) in [6, 6.07) is 0. The highest BCUT2D eigenvalue weighted by Gasteiger charge is 2.11. The first-order valence-corrected chi connectivity index (χ1v) is 5.00. The standard InChI is InChI=1S/C6H8BrN3OS.ClH/c7-5-4(10-3-12-5)6(11)9-2-1-8;/h3H,1-2,8H2,(H,9,11);1H. The number of aromatic nitrogens is 1. The predicted octanol–water partition coefficient (Wildman–Crippen LogP) is 1.02. The monoisotopic (exact) mass is 285 g/mol. The van der Waals surface area contributed by atoms with Gasteiger partial charge in [-0.05, 0) is 15.9 Å². The zero-order valence-electron chi connectivity index (χ0n) is 6.62. The first-order chi connectivity index (χ1) is 5.75. The molecule has 7 heteroatoms. The van der Waals surface area contributed by atoms with Gasteiger partial charge in [0.05, 0.1) is 5.51 Å². The van der Waals surface area contributed by atoms with E-state index in [-0.39, 0.29) is 18.3 Å². The van der Waals surface area contributed by atoms with E-state index in [0.29, 0.717) is 18.8 Å². The molecule has 1 rings (SSSR count). The Balaban J connectivity index is 0.00000144. The lowest BCUT2D eigenvalue weighted by Gasteiger charge is -1.99. The summed E-state index contributed by atoms with van der Waals surface area (Å²) in [5.74, 6) is -0.187. The third-order valence-electron chi connectivity index (χ3n) is 1.17. The smallest absolute Gasteiger partial charge is 0.271 e. The van der Waals surface area contributed by atoms with Gasteiger partial charge in [-0.25, -0.2) is 4.98 Å². The normalized spacial score (nSPS) is 9.08. The summed E-state index contributed by atoms with van der Waals surface area (Å²) in [7, 11) is 0. The molecule has 74 valence electrons. The van der Waals surface area contributed by atoms with E-state index in [4.69, 9.17) is 5.73 Å². The van der Waals surface area contributed by atoms with E-state index < -0.39 is 0 Å². The van der Waals surface area contributed by atoms with Gasteiger partial charge in [0.2, 0.25) is 0 Å². The minimum absolute atomic E-state index is 0.